The fourth-order valence-electron chi connectivity index (χ4n) is 3.72. The molecule has 0 unspecified atom stereocenters. The Morgan fingerprint density at radius 1 is 1.10 bits per heavy atom. The van der Waals surface area contributed by atoms with Crippen molar-refractivity contribution in [3.63, 3.8) is 0 Å². The number of aromatic amines is 1. The van der Waals surface area contributed by atoms with Crippen molar-refractivity contribution in [1.82, 2.24) is 15.1 Å². The summed E-state index contributed by atoms with van der Waals surface area (Å²) in [7, 11) is 0. The molecule has 1 N–H and O–H groups in total. The number of furan rings is 1. The number of nitrogens with zero attached hydrogens (tertiary/aromatic N) is 3. The van der Waals surface area contributed by atoms with Gasteiger partial charge >= 0.3 is 0 Å². The molecule has 2 aromatic heterocycles. The number of amides is 1. The van der Waals surface area contributed by atoms with Crippen molar-refractivity contribution in [2.45, 2.75) is 6.54 Å². The largest absolute Gasteiger partial charge is 0.460 e. The van der Waals surface area contributed by atoms with Gasteiger partial charge in [-0.15, -0.1) is 0 Å². The van der Waals surface area contributed by atoms with E-state index >= 15 is 0 Å². The fraction of sp³-hybridized carbons (Fsp3) is 0.182. The van der Waals surface area contributed by atoms with Crippen LogP contribution in [0.25, 0.3) is 22.2 Å². The topological polar surface area (TPSA) is 65.4 Å². The average molecular weight is 390 g/mol. The molecule has 29 heavy (non-hydrogen) atoms. The van der Waals surface area contributed by atoms with Crippen LogP contribution in [-0.2, 0) is 11.3 Å². The fourth-order valence-corrected chi connectivity index (χ4v) is 3.72. The zero-order chi connectivity index (χ0) is 19.8. The van der Waals surface area contributed by atoms with Crippen molar-refractivity contribution in [1.29, 1.82) is 0 Å². The molecule has 5 rings (SSSR count). The Hall–Kier alpha value is -3.45. The van der Waals surface area contributed by atoms with Crippen LogP contribution in [-0.4, -0.2) is 40.6 Å². The van der Waals surface area contributed by atoms with Gasteiger partial charge in [-0.2, -0.15) is 5.10 Å². The standard InChI is InChI=1S/C22H19FN4O2/c23-19-4-2-1-3-18(19)21-8-6-17(29-21)13-26-9-10-27(22(28)14-26)16-5-7-20-15(11-16)12-24-25-20/h1-8,11-12H,9-10,13-14H2,(H,24,25). The second kappa shape index (κ2) is 7.18. The van der Waals surface area contributed by atoms with Crippen LogP contribution in [0.2, 0.25) is 0 Å². The first kappa shape index (κ1) is 17.6. The first-order chi connectivity index (χ1) is 14.2. The number of anilines is 1. The number of H-pyrrole nitrogens is 1. The molecule has 3 heterocycles. The van der Waals surface area contributed by atoms with Gasteiger partial charge in [-0.05, 0) is 42.5 Å². The summed E-state index contributed by atoms with van der Waals surface area (Å²) >= 11 is 0. The first-order valence-corrected chi connectivity index (χ1v) is 9.47. The lowest BCUT2D eigenvalue weighted by Crippen LogP contribution is -2.50. The Morgan fingerprint density at radius 3 is 2.86 bits per heavy atom. The molecule has 146 valence electrons. The van der Waals surface area contributed by atoms with Crippen LogP contribution in [0.1, 0.15) is 5.76 Å². The highest BCUT2D eigenvalue weighted by Gasteiger charge is 2.26. The van der Waals surface area contributed by atoms with Crippen molar-refractivity contribution in [3.05, 3.63) is 72.4 Å². The lowest BCUT2D eigenvalue weighted by atomic mass is 10.1. The van der Waals surface area contributed by atoms with Crippen molar-refractivity contribution in [3.8, 4) is 11.3 Å². The maximum atomic E-state index is 13.9. The molecule has 1 aliphatic rings. The quantitative estimate of drug-likeness (QED) is 0.576. The van der Waals surface area contributed by atoms with E-state index in [0.717, 1.165) is 23.1 Å². The number of hydrogen-bond donors (Lipinski definition) is 1. The van der Waals surface area contributed by atoms with Gasteiger partial charge in [0.15, 0.2) is 0 Å². The van der Waals surface area contributed by atoms with Gasteiger partial charge in [0.05, 0.1) is 30.4 Å². The predicted octanol–water partition coefficient (Wildman–Crippen LogP) is 3.81. The van der Waals surface area contributed by atoms with Crippen molar-refractivity contribution >= 4 is 22.5 Å². The summed E-state index contributed by atoms with van der Waals surface area (Å²) in [6.45, 7) is 2.14. The summed E-state index contributed by atoms with van der Waals surface area (Å²) in [4.78, 5) is 16.6. The molecule has 0 radical (unpaired) electrons. The third kappa shape index (κ3) is 3.40. The summed E-state index contributed by atoms with van der Waals surface area (Å²) in [5.41, 5.74) is 2.26. The molecule has 1 saturated heterocycles. The Morgan fingerprint density at radius 2 is 2.00 bits per heavy atom. The van der Waals surface area contributed by atoms with E-state index < -0.39 is 0 Å². The molecule has 4 aromatic rings. The number of aromatic nitrogens is 2. The van der Waals surface area contributed by atoms with E-state index in [1.807, 2.05) is 29.2 Å². The molecule has 7 heteroatoms. The highest BCUT2D eigenvalue weighted by Crippen LogP contribution is 2.26. The second-order valence-corrected chi connectivity index (χ2v) is 7.14. The number of carbonyl (C=O) groups excluding carboxylic acids is 1. The van der Waals surface area contributed by atoms with E-state index in [4.69, 9.17) is 4.42 Å². The molecule has 0 spiro atoms. The molecule has 1 aliphatic heterocycles. The molecular formula is C22H19FN4O2. The van der Waals surface area contributed by atoms with E-state index in [-0.39, 0.29) is 11.7 Å². The molecule has 0 bridgehead atoms. The van der Waals surface area contributed by atoms with Gasteiger partial charge in [-0.1, -0.05) is 12.1 Å². The number of rotatable bonds is 4. The molecule has 2 aromatic carbocycles. The third-order valence-corrected chi connectivity index (χ3v) is 5.22. The second-order valence-electron chi connectivity index (χ2n) is 7.14. The summed E-state index contributed by atoms with van der Waals surface area (Å²) in [5.74, 6) is 0.938. The Labute approximate surface area is 166 Å². The number of piperazine rings is 1. The van der Waals surface area contributed by atoms with Gasteiger partial charge in [0.1, 0.15) is 17.3 Å². The monoisotopic (exact) mass is 390 g/mol. The molecule has 1 fully saturated rings. The van der Waals surface area contributed by atoms with E-state index in [1.54, 1.807) is 35.4 Å². The van der Waals surface area contributed by atoms with Crippen molar-refractivity contribution < 1.29 is 13.6 Å². The minimum absolute atomic E-state index is 0.0416. The highest BCUT2D eigenvalue weighted by molar-refractivity contribution is 5.97. The molecule has 0 aliphatic carbocycles. The lowest BCUT2D eigenvalue weighted by Gasteiger charge is -2.33. The third-order valence-electron chi connectivity index (χ3n) is 5.22. The van der Waals surface area contributed by atoms with Crippen molar-refractivity contribution in [2.75, 3.05) is 24.5 Å². The van der Waals surface area contributed by atoms with Crippen LogP contribution in [0.15, 0.2) is 65.2 Å². The number of nitrogens with one attached hydrogen (secondary N) is 1. The smallest absolute Gasteiger partial charge is 0.241 e. The predicted molar refractivity (Wildman–Crippen MR) is 108 cm³/mol. The highest BCUT2D eigenvalue weighted by atomic mass is 19.1. The number of carbonyl (C=O) groups is 1. The first-order valence-electron chi connectivity index (χ1n) is 9.47. The van der Waals surface area contributed by atoms with Gasteiger partial charge in [0, 0.05) is 24.2 Å². The molecular weight excluding hydrogens is 371 g/mol. The van der Waals surface area contributed by atoms with E-state index in [0.29, 0.717) is 36.7 Å². The average Bonchev–Trinajstić information content (AvgIpc) is 3.37. The molecule has 0 saturated carbocycles. The number of fused-ring (bicyclic) bond motifs is 1. The summed E-state index contributed by atoms with van der Waals surface area (Å²) < 4.78 is 19.8. The van der Waals surface area contributed by atoms with Crippen LogP contribution in [0.3, 0.4) is 0 Å². The van der Waals surface area contributed by atoms with Gasteiger partial charge in [-0.25, -0.2) is 4.39 Å². The van der Waals surface area contributed by atoms with Crippen LogP contribution in [0, 0.1) is 5.82 Å². The minimum Gasteiger partial charge on any atom is -0.460 e. The van der Waals surface area contributed by atoms with Gasteiger partial charge in [0.25, 0.3) is 0 Å². The Bertz CT molecular complexity index is 1180. The van der Waals surface area contributed by atoms with Crippen LogP contribution >= 0.6 is 0 Å². The number of benzene rings is 2. The SMILES string of the molecule is O=C1CN(Cc2ccc(-c3ccccc3F)o2)CCN1c1ccc2[nH]ncc2c1. The molecule has 6 nitrogen and oxygen atoms in total. The normalized spacial score (nSPS) is 15.3. The zero-order valence-corrected chi connectivity index (χ0v) is 15.6. The van der Waals surface area contributed by atoms with Gasteiger partial charge < -0.3 is 9.32 Å². The zero-order valence-electron chi connectivity index (χ0n) is 15.6. The van der Waals surface area contributed by atoms with E-state index in [2.05, 4.69) is 10.2 Å². The van der Waals surface area contributed by atoms with Gasteiger partial charge in [0.2, 0.25) is 5.91 Å². The summed E-state index contributed by atoms with van der Waals surface area (Å²) in [5, 5.41) is 7.92. The van der Waals surface area contributed by atoms with Crippen molar-refractivity contribution in [2.24, 2.45) is 0 Å². The maximum Gasteiger partial charge on any atom is 0.241 e. The maximum absolute atomic E-state index is 13.9. The minimum atomic E-state index is -0.313. The van der Waals surface area contributed by atoms with E-state index in [1.165, 1.54) is 6.07 Å². The van der Waals surface area contributed by atoms with E-state index in [9.17, 15) is 9.18 Å². The lowest BCUT2D eigenvalue weighted by molar-refractivity contribution is -0.121. The Balaban J connectivity index is 1.27. The van der Waals surface area contributed by atoms with Crippen LogP contribution in [0.5, 0.6) is 0 Å². The molecule has 0 atom stereocenters. The number of halogens is 1. The van der Waals surface area contributed by atoms with Gasteiger partial charge in [-0.3, -0.25) is 14.8 Å². The summed E-state index contributed by atoms with van der Waals surface area (Å²) in [6.07, 6.45) is 1.75. The summed E-state index contributed by atoms with van der Waals surface area (Å²) in [6, 6.07) is 16.0. The van der Waals surface area contributed by atoms with Crippen LogP contribution in [0.4, 0.5) is 10.1 Å². The Kier molecular flexibility index (Phi) is 4.37. The number of hydrogen-bond acceptors (Lipinski definition) is 4. The van der Waals surface area contributed by atoms with Crippen LogP contribution < -0.4 is 4.90 Å². The molecule has 1 amide bonds.